The molecule has 1 aliphatic rings. The Morgan fingerprint density at radius 2 is 1.80 bits per heavy atom. The highest BCUT2D eigenvalue weighted by atomic mass is 35.5. The molecule has 228 valence electrons. The van der Waals surface area contributed by atoms with Gasteiger partial charge in [-0.2, -0.15) is 0 Å². The number of ether oxygens (including phenoxy) is 1. The molecule has 2 aromatic heterocycles. The first-order valence-corrected chi connectivity index (χ1v) is 15.5. The maximum absolute atomic E-state index is 13.6. The average Bonchev–Trinajstić information content (AvgIpc) is 3.50. The van der Waals surface area contributed by atoms with Crippen LogP contribution in [0.25, 0.3) is 33.5 Å². The van der Waals surface area contributed by atoms with Gasteiger partial charge < -0.3 is 24.1 Å². The Hall–Kier alpha value is -4.01. The monoisotopic (exact) mass is 631 g/mol. The quantitative estimate of drug-likeness (QED) is 0.216. The molecule has 3 aromatic carbocycles. The Kier molecular flexibility index (Phi) is 8.07. The fraction of sp³-hybridized carbons (Fsp3) is 0.324. The van der Waals surface area contributed by atoms with E-state index in [1.807, 2.05) is 76.3 Å². The van der Waals surface area contributed by atoms with Crippen molar-refractivity contribution in [2.24, 2.45) is 7.05 Å². The summed E-state index contributed by atoms with van der Waals surface area (Å²) in [6.07, 6.45) is 0.673. The van der Waals surface area contributed by atoms with E-state index in [9.17, 15) is 9.59 Å². The highest BCUT2D eigenvalue weighted by Gasteiger charge is 2.28. The minimum atomic E-state index is -0.462. The van der Waals surface area contributed by atoms with Crippen LogP contribution in [0.3, 0.4) is 0 Å². The minimum absolute atomic E-state index is 0.0997. The maximum Gasteiger partial charge on any atom is 0.407 e. The summed E-state index contributed by atoms with van der Waals surface area (Å²) in [5.41, 5.74) is 4.86. The topological polar surface area (TPSA) is 81.4 Å². The van der Waals surface area contributed by atoms with Gasteiger partial charge in [0.05, 0.1) is 33.3 Å². The highest BCUT2D eigenvalue weighted by Crippen LogP contribution is 2.32. The number of likely N-dealkylation sites (tertiary alicyclic amines) is 1. The Morgan fingerprint density at radius 3 is 2.57 bits per heavy atom. The second kappa shape index (κ2) is 11.8. The summed E-state index contributed by atoms with van der Waals surface area (Å²) in [5.74, 6) is 0.689. The highest BCUT2D eigenvalue weighted by molar-refractivity contribution is 6.42. The van der Waals surface area contributed by atoms with Crippen LogP contribution in [-0.2, 0) is 18.3 Å². The van der Waals surface area contributed by atoms with Gasteiger partial charge in [-0.1, -0.05) is 47.5 Å². The second-order valence-corrected chi connectivity index (χ2v) is 13.2. The van der Waals surface area contributed by atoms with Gasteiger partial charge >= 0.3 is 6.09 Å². The number of rotatable bonds is 5. The lowest BCUT2D eigenvalue weighted by molar-refractivity contribution is 0.0323. The van der Waals surface area contributed by atoms with Crippen LogP contribution >= 0.6 is 23.2 Å². The molecule has 0 spiro atoms. The lowest BCUT2D eigenvalue weighted by Gasteiger charge is -2.33. The summed E-state index contributed by atoms with van der Waals surface area (Å²) in [6.45, 7) is 7.26. The van der Waals surface area contributed by atoms with E-state index in [1.54, 1.807) is 4.90 Å². The van der Waals surface area contributed by atoms with E-state index in [4.69, 9.17) is 32.9 Å². The van der Waals surface area contributed by atoms with Gasteiger partial charge in [-0.25, -0.2) is 9.78 Å². The molecule has 0 saturated carbocycles. The predicted molar refractivity (Wildman–Crippen MR) is 176 cm³/mol. The van der Waals surface area contributed by atoms with Crippen LogP contribution in [0, 0.1) is 0 Å². The number of piperidine rings is 1. The molecule has 1 fully saturated rings. The van der Waals surface area contributed by atoms with Crippen molar-refractivity contribution in [2.45, 2.75) is 51.8 Å². The summed E-state index contributed by atoms with van der Waals surface area (Å²) in [5, 5.41) is 4.96. The Morgan fingerprint density at radius 1 is 1.00 bits per heavy atom. The van der Waals surface area contributed by atoms with Crippen LogP contribution in [0.15, 0.2) is 66.7 Å². The summed E-state index contributed by atoms with van der Waals surface area (Å²) in [4.78, 5) is 32.7. The van der Waals surface area contributed by atoms with Crippen molar-refractivity contribution in [1.82, 2.24) is 24.3 Å². The number of fused-ring (bicyclic) bond motifs is 2. The van der Waals surface area contributed by atoms with Crippen LogP contribution in [-0.4, -0.2) is 55.8 Å². The van der Waals surface area contributed by atoms with Crippen molar-refractivity contribution in [3.63, 3.8) is 0 Å². The number of hydrogen-bond acceptors (Lipinski definition) is 4. The van der Waals surface area contributed by atoms with Crippen molar-refractivity contribution in [3.05, 3.63) is 87.9 Å². The maximum atomic E-state index is 13.6. The Bertz CT molecular complexity index is 1890. The molecular weight excluding hydrogens is 597 g/mol. The molecule has 5 aromatic rings. The fourth-order valence-electron chi connectivity index (χ4n) is 5.84. The van der Waals surface area contributed by atoms with Gasteiger partial charge in [0.2, 0.25) is 0 Å². The van der Waals surface area contributed by atoms with E-state index >= 15 is 0 Å². The van der Waals surface area contributed by atoms with Crippen LogP contribution in [0.1, 0.15) is 49.5 Å². The summed E-state index contributed by atoms with van der Waals surface area (Å²) in [7, 11) is 1.99. The number of amides is 2. The molecule has 1 atom stereocenters. The van der Waals surface area contributed by atoms with Crippen molar-refractivity contribution in [3.8, 4) is 11.5 Å². The predicted octanol–water partition coefficient (Wildman–Crippen LogP) is 7.68. The van der Waals surface area contributed by atoms with Gasteiger partial charge in [0.1, 0.15) is 6.10 Å². The van der Waals surface area contributed by atoms with E-state index in [-0.39, 0.29) is 12.0 Å². The molecular formula is C34H35Cl2N5O3. The normalized spacial score (nSPS) is 15.6. The number of nitrogens with one attached hydrogen (secondary N) is 1. The first-order chi connectivity index (χ1) is 21.0. The molecule has 0 bridgehead atoms. The van der Waals surface area contributed by atoms with Gasteiger partial charge in [0.25, 0.3) is 5.91 Å². The van der Waals surface area contributed by atoms with E-state index in [2.05, 4.69) is 32.7 Å². The number of carbonyl (C=O) groups excluding carboxylic acids is 2. The molecule has 2 amide bonds. The first-order valence-electron chi connectivity index (χ1n) is 14.7. The van der Waals surface area contributed by atoms with Gasteiger partial charge in [0, 0.05) is 42.1 Å². The number of hydrogen-bond donors (Lipinski definition) is 1. The largest absolute Gasteiger partial charge is 0.444 e. The van der Waals surface area contributed by atoms with E-state index in [0.717, 1.165) is 51.9 Å². The number of aromatic nitrogens is 3. The number of nitrogens with zero attached hydrogens (tertiary/aromatic N) is 4. The molecule has 0 unspecified atom stereocenters. The van der Waals surface area contributed by atoms with Crippen LogP contribution in [0.5, 0.6) is 0 Å². The van der Waals surface area contributed by atoms with Crippen molar-refractivity contribution in [1.29, 1.82) is 0 Å². The zero-order valence-electron chi connectivity index (χ0n) is 25.2. The smallest absolute Gasteiger partial charge is 0.407 e. The molecule has 10 heteroatoms. The van der Waals surface area contributed by atoms with Crippen LogP contribution in [0.2, 0.25) is 10.0 Å². The van der Waals surface area contributed by atoms with Gasteiger partial charge in [-0.3, -0.25) is 4.79 Å². The van der Waals surface area contributed by atoms with Crippen molar-refractivity contribution >= 4 is 57.1 Å². The molecule has 8 nitrogen and oxygen atoms in total. The molecule has 0 radical (unpaired) electrons. The van der Waals surface area contributed by atoms with Gasteiger partial charge in [0.15, 0.2) is 5.82 Å². The third kappa shape index (κ3) is 6.14. The van der Waals surface area contributed by atoms with Crippen molar-refractivity contribution < 1.29 is 14.3 Å². The molecule has 1 N–H and O–H groups in total. The van der Waals surface area contributed by atoms with E-state index in [0.29, 0.717) is 35.2 Å². The molecule has 1 aliphatic heterocycles. The number of aryl methyl sites for hydroxylation is 1. The van der Waals surface area contributed by atoms with E-state index in [1.165, 1.54) is 0 Å². The molecule has 6 rings (SSSR count). The number of carbonyl (C=O) groups is 2. The fourth-order valence-corrected chi connectivity index (χ4v) is 6.16. The SMILES string of the molecule is Cn1c(-c2cc3ccccc3n2Cc2ccc(Cl)c(Cl)c2)nc2cc(C(=O)N3CCC[C@@H](OC(=O)NC(C)(C)C)C3)ccc21. The third-order valence-electron chi connectivity index (χ3n) is 7.91. The lowest BCUT2D eigenvalue weighted by Crippen LogP contribution is -2.47. The number of imidazole rings is 1. The Balaban J connectivity index is 1.29. The molecule has 0 aliphatic carbocycles. The number of alkyl carbamates (subject to hydrolysis) is 1. The number of halogens is 2. The first kappa shape index (κ1) is 30.0. The average molecular weight is 633 g/mol. The minimum Gasteiger partial charge on any atom is -0.444 e. The molecule has 1 saturated heterocycles. The third-order valence-corrected chi connectivity index (χ3v) is 8.65. The zero-order valence-corrected chi connectivity index (χ0v) is 26.7. The standard InChI is InChI=1S/C34H35Cl2N5O3/c1-34(2,3)38-33(43)44-24-9-7-15-40(20-24)32(42)23-12-14-29-27(17-23)37-31(39(29)4)30-18-22-8-5-6-10-28(22)41(30)19-21-11-13-25(35)26(36)16-21/h5-6,8,10-14,16-18,24H,7,9,15,19-20H2,1-4H3,(H,38,43)/t24-/m1/s1. The summed E-state index contributed by atoms with van der Waals surface area (Å²) < 4.78 is 9.92. The summed E-state index contributed by atoms with van der Waals surface area (Å²) >= 11 is 12.5. The second-order valence-electron chi connectivity index (χ2n) is 12.4. The van der Waals surface area contributed by atoms with Gasteiger partial charge in [-0.15, -0.1) is 0 Å². The van der Waals surface area contributed by atoms with Gasteiger partial charge in [-0.05, 0) is 81.6 Å². The number of para-hydroxylation sites is 1. The Labute approximate surface area is 266 Å². The number of benzene rings is 3. The summed E-state index contributed by atoms with van der Waals surface area (Å²) in [6, 6.07) is 21.7. The van der Waals surface area contributed by atoms with E-state index < -0.39 is 11.6 Å². The lowest BCUT2D eigenvalue weighted by atomic mass is 10.1. The van der Waals surface area contributed by atoms with Crippen LogP contribution in [0.4, 0.5) is 4.79 Å². The van der Waals surface area contributed by atoms with Crippen molar-refractivity contribution in [2.75, 3.05) is 13.1 Å². The molecule has 44 heavy (non-hydrogen) atoms. The van der Waals surface area contributed by atoms with Crippen LogP contribution < -0.4 is 5.32 Å². The zero-order chi connectivity index (χ0) is 31.2. The molecule has 3 heterocycles.